The van der Waals surface area contributed by atoms with Crippen LogP contribution < -0.4 is 10.1 Å². The van der Waals surface area contributed by atoms with Crippen LogP contribution in [0.2, 0.25) is 0 Å². The van der Waals surface area contributed by atoms with Crippen LogP contribution in [0.4, 0.5) is 0 Å². The Morgan fingerprint density at radius 1 is 1.03 bits per heavy atom. The molecule has 0 fully saturated rings. The third kappa shape index (κ3) is 5.88. The topological polar surface area (TPSA) is 102 Å². The number of rotatable bonds is 11. The number of oxazole rings is 1. The summed E-state index contributed by atoms with van der Waals surface area (Å²) in [6, 6.07) is 23.7. The molecule has 1 aromatic heterocycles. The van der Waals surface area contributed by atoms with Gasteiger partial charge in [-0.25, -0.2) is 9.78 Å². The highest BCUT2D eigenvalue weighted by Gasteiger charge is 2.20. The standard InChI is InChI=1S/C27H26N2O5/c1-18(27(31)32)33-21-11-7-8-19(16-21)17-28-23(14-15-24(30)20-9-3-2-4-10-20)26-29-22-12-5-6-13-25(22)34-26/h2-13,16,18,23,28H,14-15,17H2,1H3,(H,31,32). The Bertz CT molecular complexity index is 1240. The van der Waals surface area contributed by atoms with E-state index in [4.69, 9.17) is 14.3 Å². The van der Waals surface area contributed by atoms with Crippen molar-refractivity contribution in [3.63, 3.8) is 0 Å². The number of ketones is 1. The second-order valence-corrected chi connectivity index (χ2v) is 8.03. The van der Waals surface area contributed by atoms with E-state index >= 15 is 0 Å². The van der Waals surface area contributed by atoms with E-state index in [0.29, 0.717) is 42.2 Å². The number of ether oxygens (including phenoxy) is 1. The number of Topliss-reactive ketones (excluding diaryl/α,β-unsaturated/α-hetero) is 1. The van der Waals surface area contributed by atoms with Crippen LogP contribution in [0.5, 0.6) is 5.75 Å². The average molecular weight is 459 g/mol. The average Bonchev–Trinajstić information content (AvgIpc) is 3.28. The molecule has 0 aliphatic rings. The van der Waals surface area contributed by atoms with Crippen molar-refractivity contribution in [1.82, 2.24) is 10.3 Å². The molecule has 3 aromatic carbocycles. The summed E-state index contributed by atoms with van der Waals surface area (Å²) >= 11 is 0. The van der Waals surface area contributed by atoms with Gasteiger partial charge in [0.25, 0.3) is 0 Å². The second-order valence-electron chi connectivity index (χ2n) is 8.03. The molecule has 0 saturated carbocycles. The summed E-state index contributed by atoms with van der Waals surface area (Å²) in [4.78, 5) is 28.4. The van der Waals surface area contributed by atoms with Crippen LogP contribution in [0.15, 0.2) is 83.3 Å². The van der Waals surface area contributed by atoms with Crippen LogP contribution in [0.3, 0.4) is 0 Å². The zero-order valence-electron chi connectivity index (χ0n) is 18.8. The molecule has 2 atom stereocenters. The minimum Gasteiger partial charge on any atom is -0.479 e. The van der Waals surface area contributed by atoms with Gasteiger partial charge in [0.05, 0.1) is 6.04 Å². The molecule has 0 spiro atoms. The van der Waals surface area contributed by atoms with Crippen molar-refractivity contribution in [2.75, 3.05) is 0 Å². The van der Waals surface area contributed by atoms with Gasteiger partial charge in [0.15, 0.2) is 17.5 Å². The molecule has 0 bridgehead atoms. The molecule has 1 heterocycles. The molecule has 0 radical (unpaired) electrons. The number of hydrogen-bond donors (Lipinski definition) is 2. The van der Waals surface area contributed by atoms with Gasteiger partial charge in [0.1, 0.15) is 11.3 Å². The van der Waals surface area contributed by atoms with Crippen LogP contribution in [-0.4, -0.2) is 27.9 Å². The van der Waals surface area contributed by atoms with Gasteiger partial charge in [-0.1, -0.05) is 54.6 Å². The quantitative estimate of drug-likeness (QED) is 0.299. The maximum absolute atomic E-state index is 12.7. The van der Waals surface area contributed by atoms with Crippen molar-refractivity contribution in [3.05, 3.63) is 95.9 Å². The van der Waals surface area contributed by atoms with E-state index in [1.165, 1.54) is 6.92 Å². The van der Waals surface area contributed by atoms with Gasteiger partial charge in [-0.3, -0.25) is 4.79 Å². The Morgan fingerprint density at radius 3 is 2.56 bits per heavy atom. The van der Waals surface area contributed by atoms with Crippen LogP contribution in [-0.2, 0) is 11.3 Å². The maximum atomic E-state index is 12.7. The summed E-state index contributed by atoms with van der Waals surface area (Å²) in [5, 5.41) is 12.5. The van der Waals surface area contributed by atoms with Crippen LogP contribution in [0.1, 0.15) is 47.6 Å². The fraction of sp³-hybridized carbons (Fsp3) is 0.222. The van der Waals surface area contributed by atoms with E-state index in [0.717, 1.165) is 11.1 Å². The number of aromatic nitrogens is 1. The van der Waals surface area contributed by atoms with E-state index < -0.39 is 12.1 Å². The SMILES string of the molecule is CC(Oc1cccc(CNC(CCC(=O)c2ccccc2)c2nc3ccccc3o2)c1)C(=O)O. The molecule has 34 heavy (non-hydrogen) atoms. The normalized spacial score (nSPS) is 12.9. The zero-order chi connectivity index (χ0) is 23.9. The minimum absolute atomic E-state index is 0.0570. The lowest BCUT2D eigenvalue weighted by atomic mass is 10.0. The Kier molecular flexibility index (Phi) is 7.34. The number of aliphatic carboxylic acids is 1. The summed E-state index contributed by atoms with van der Waals surface area (Å²) in [6.45, 7) is 1.95. The fourth-order valence-electron chi connectivity index (χ4n) is 3.62. The molecule has 0 aliphatic heterocycles. The molecule has 4 aromatic rings. The van der Waals surface area contributed by atoms with Crippen molar-refractivity contribution >= 4 is 22.9 Å². The lowest BCUT2D eigenvalue weighted by Crippen LogP contribution is -2.23. The first kappa shape index (κ1) is 23.2. The molecule has 7 heteroatoms. The van der Waals surface area contributed by atoms with Crippen molar-refractivity contribution < 1.29 is 23.8 Å². The van der Waals surface area contributed by atoms with Gasteiger partial charge in [0, 0.05) is 18.5 Å². The number of benzene rings is 3. The molecule has 174 valence electrons. The molecule has 0 aliphatic carbocycles. The number of carboxylic acids is 1. The Balaban J connectivity index is 1.49. The Morgan fingerprint density at radius 2 is 1.79 bits per heavy atom. The molecule has 2 unspecified atom stereocenters. The monoisotopic (exact) mass is 458 g/mol. The van der Waals surface area contributed by atoms with E-state index in [1.54, 1.807) is 12.1 Å². The summed E-state index contributed by atoms with van der Waals surface area (Å²) in [7, 11) is 0. The lowest BCUT2D eigenvalue weighted by molar-refractivity contribution is -0.144. The van der Waals surface area contributed by atoms with Crippen molar-refractivity contribution in [1.29, 1.82) is 0 Å². The lowest BCUT2D eigenvalue weighted by Gasteiger charge is -2.16. The van der Waals surface area contributed by atoms with Crippen LogP contribution in [0, 0.1) is 0 Å². The van der Waals surface area contributed by atoms with Gasteiger partial charge in [0.2, 0.25) is 5.89 Å². The molecule has 0 amide bonds. The van der Waals surface area contributed by atoms with Crippen molar-refractivity contribution in [3.8, 4) is 5.75 Å². The van der Waals surface area contributed by atoms with Crippen molar-refractivity contribution in [2.24, 2.45) is 0 Å². The highest BCUT2D eigenvalue weighted by molar-refractivity contribution is 5.96. The second kappa shape index (κ2) is 10.8. The molecule has 0 saturated heterocycles. The first-order chi connectivity index (χ1) is 16.5. The highest BCUT2D eigenvalue weighted by atomic mass is 16.5. The number of nitrogens with zero attached hydrogens (tertiary/aromatic N) is 1. The predicted molar refractivity (Wildman–Crippen MR) is 128 cm³/mol. The molecule has 7 nitrogen and oxygen atoms in total. The van der Waals surface area contributed by atoms with Crippen molar-refractivity contribution in [2.45, 2.75) is 38.5 Å². The number of carboxylic acid groups (broad SMARTS) is 1. The molecular formula is C27H26N2O5. The smallest absolute Gasteiger partial charge is 0.344 e. The molecular weight excluding hydrogens is 432 g/mol. The van der Waals surface area contributed by atoms with Gasteiger partial charge < -0.3 is 19.6 Å². The predicted octanol–water partition coefficient (Wildman–Crippen LogP) is 5.17. The van der Waals surface area contributed by atoms with Crippen LogP contribution >= 0.6 is 0 Å². The highest BCUT2D eigenvalue weighted by Crippen LogP contribution is 2.25. The summed E-state index contributed by atoms with van der Waals surface area (Å²) < 4.78 is 11.5. The fourth-order valence-corrected chi connectivity index (χ4v) is 3.62. The summed E-state index contributed by atoms with van der Waals surface area (Å²) in [6.07, 6.45) is -0.105. The first-order valence-corrected chi connectivity index (χ1v) is 11.1. The van der Waals surface area contributed by atoms with Gasteiger partial charge in [-0.2, -0.15) is 0 Å². The Labute approximate surface area is 197 Å². The number of carbonyl (C=O) groups is 2. The molecule has 4 rings (SSSR count). The number of carbonyl (C=O) groups excluding carboxylic acids is 1. The van der Waals surface area contributed by atoms with E-state index in [-0.39, 0.29) is 11.8 Å². The van der Waals surface area contributed by atoms with Gasteiger partial charge in [-0.15, -0.1) is 0 Å². The van der Waals surface area contributed by atoms with E-state index in [1.807, 2.05) is 66.7 Å². The maximum Gasteiger partial charge on any atom is 0.344 e. The number of nitrogens with one attached hydrogen (secondary N) is 1. The first-order valence-electron chi connectivity index (χ1n) is 11.1. The third-order valence-corrected chi connectivity index (χ3v) is 5.48. The van der Waals surface area contributed by atoms with Crippen LogP contribution in [0.25, 0.3) is 11.1 Å². The molecule has 2 N–H and O–H groups in total. The zero-order valence-corrected chi connectivity index (χ0v) is 18.8. The van der Waals surface area contributed by atoms with E-state index in [2.05, 4.69) is 10.3 Å². The van der Waals surface area contributed by atoms with E-state index in [9.17, 15) is 9.59 Å². The van der Waals surface area contributed by atoms with Gasteiger partial charge >= 0.3 is 5.97 Å². The largest absolute Gasteiger partial charge is 0.479 e. The number of fused-ring (bicyclic) bond motifs is 1. The van der Waals surface area contributed by atoms with Gasteiger partial charge in [-0.05, 0) is 43.2 Å². The number of para-hydroxylation sites is 2. The summed E-state index contributed by atoms with van der Waals surface area (Å²) in [5.41, 5.74) is 3.04. The third-order valence-electron chi connectivity index (χ3n) is 5.48. The Hall–Kier alpha value is -3.97. The summed E-state index contributed by atoms with van der Waals surface area (Å²) in [5.74, 6) is 0.0324. The number of hydrogen-bond acceptors (Lipinski definition) is 6. The minimum atomic E-state index is -1.03.